The number of hydrogen-bond donors (Lipinski definition) is 5. The Labute approximate surface area is 215 Å². The minimum Gasteiger partial charge on any atom is -0.493 e. The molecule has 0 radical (unpaired) electrons. The highest BCUT2D eigenvalue weighted by atomic mass is 79.9. The molecular weight excluding hydrogens is 565 g/mol. The van der Waals surface area contributed by atoms with Gasteiger partial charge in [-0.3, -0.25) is 9.78 Å². The summed E-state index contributed by atoms with van der Waals surface area (Å²) in [6.07, 6.45) is -3.55. The van der Waals surface area contributed by atoms with E-state index in [1.54, 1.807) is 0 Å². The van der Waals surface area contributed by atoms with Crippen LogP contribution >= 0.6 is 15.9 Å². The van der Waals surface area contributed by atoms with Crippen molar-refractivity contribution in [1.82, 2.24) is 25.6 Å². The number of alkyl halides is 3. The second-order valence-corrected chi connectivity index (χ2v) is 8.91. The Hall–Kier alpha value is -4.14. The van der Waals surface area contributed by atoms with Crippen LogP contribution in [-0.2, 0) is 17.5 Å². The zero-order valence-corrected chi connectivity index (χ0v) is 20.2. The van der Waals surface area contributed by atoms with Crippen molar-refractivity contribution in [2.24, 2.45) is 0 Å². The Morgan fingerprint density at radius 1 is 1.11 bits per heavy atom. The third kappa shape index (κ3) is 6.55. The average molecular weight is 583 g/mol. The van der Waals surface area contributed by atoms with E-state index in [0.717, 1.165) is 12.1 Å². The molecule has 2 heterocycles. The summed E-state index contributed by atoms with van der Waals surface area (Å²) >= 11 is 3.04. The lowest BCUT2D eigenvalue weighted by molar-refractivity contribution is -0.137. The van der Waals surface area contributed by atoms with Gasteiger partial charge in [0.05, 0.1) is 41.4 Å². The standard InChI is InChI=1S/C22H18BrF3N6O5/c23-11-1-4-15(14(7-11)22(24,25)26)29-13-3-2-12(27-10-13)9-28-18(34)21(5-6-21)32-20(36)37-17-8-16(33)30-19(35)31-17/h1-4,7-8,10,29H,5-6,9H2,(H,28,34)(H,32,36)(H2,30,31,33,35). The van der Waals surface area contributed by atoms with E-state index in [1.165, 1.54) is 30.5 Å². The van der Waals surface area contributed by atoms with Gasteiger partial charge in [0, 0.05) is 4.47 Å². The van der Waals surface area contributed by atoms with Crippen molar-refractivity contribution < 1.29 is 37.7 Å². The van der Waals surface area contributed by atoms with Gasteiger partial charge in [-0.05, 0) is 43.2 Å². The molecule has 1 aliphatic rings. The van der Waals surface area contributed by atoms with Crippen LogP contribution in [0.5, 0.6) is 17.8 Å². The fourth-order valence-electron chi connectivity index (χ4n) is 3.26. The fraction of sp³-hybridized carbons (Fsp3) is 0.227. The van der Waals surface area contributed by atoms with Crippen LogP contribution in [0, 0.1) is 0 Å². The SMILES string of the molecule is O=C(NC1(C(=O)NCc2ccc(Nc3ccc(Br)cc3C(F)(F)F)cn2)CC1)Oc1cc(O)nc(O)n1. The van der Waals surface area contributed by atoms with Crippen molar-refractivity contribution in [1.29, 1.82) is 0 Å². The van der Waals surface area contributed by atoms with Gasteiger partial charge in [-0.15, -0.1) is 0 Å². The molecule has 0 spiro atoms. The second kappa shape index (κ2) is 10.1. The zero-order valence-electron chi connectivity index (χ0n) is 18.6. The first kappa shape index (κ1) is 25.9. The van der Waals surface area contributed by atoms with E-state index in [1.807, 2.05) is 0 Å². The van der Waals surface area contributed by atoms with Crippen LogP contribution in [0.4, 0.5) is 29.3 Å². The minimum atomic E-state index is -4.55. The highest BCUT2D eigenvalue weighted by Gasteiger charge is 2.51. The highest BCUT2D eigenvalue weighted by Crippen LogP contribution is 2.38. The molecule has 4 rings (SSSR count). The first-order valence-electron chi connectivity index (χ1n) is 10.6. The van der Waals surface area contributed by atoms with E-state index in [-0.39, 0.29) is 12.2 Å². The summed E-state index contributed by atoms with van der Waals surface area (Å²) in [5.41, 5.74) is -1.44. The number of carbonyl (C=O) groups is 2. The van der Waals surface area contributed by atoms with Gasteiger partial charge < -0.3 is 30.9 Å². The number of nitrogens with one attached hydrogen (secondary N) is 3. The van der Waals surface area contributed by atoms with Crippen LogP contribution in [0.25, 0.3) is 0 Å². The van der Waals surface area contributed by atoms with Crippen LogP contribution in [-0.4, -0.2) is 42.7 Å². The van der Waals surface area contributed by atoms with E-state index >= 15 is 0 Å². The number of rotatable bonds is 7. The lowest BCUT2D eigenvalue weighted by Crippen LogP contribution is -2.49. The number of aromatic hydroxyl groups is 2. The molecule has 37 heavy (non-hydrogen) atoms. The molecule has 0 aliphatic heterocycles. The third-order valence-corrected chi connectivity index (χ3v) is 5.71. The van der Waals surface area contributed by atoms with Crippen molar-refractivity contribution in [2.45, 2.75) is 31.1 Å². The van der Waals surface area contributed by atoms with Crippen LogP contribution in [0.1, 0.15) is 24.1 Å². The number of amides is 2. The Bertz CT molecular complexity index is 1320. The molecule has 3 aromatic rings. The molecule has 15 heteroatoms. The van der Waals surface area contributed by atoms with Crippen molar-refractivity contribution >= 4 is 39.3 Å². The Balaban J connectivity index is 1.32. The van der Waals surface area contributed by atoms with Crippen LogP contribution in [0.15, 0.2) is 47.1 Å². The number of anilines is 2. The van der Waals surface area contributed by atoms with Crippen LogP contribution in [0.2, 0.25) is 0 Å². The lowest BCUT2D eigenvalue weighted by Gasteiger charge is -2.17. The molecule has 5 N–H and O–H groups in total. The van der Waals surface area contributed by atoms with E-state index < -0.39 is 47.0 Å². The lowest BCUT2D eigenvalue weighted by atomic mass is 10.1. The number of halogens is 4. The molecule has 2 amide bonds. The van der Waals surface area contributed by atoms with Crippen LogP contribution in [0.3, 0.4) is 0 Å². The molecule has 1 aliphatic carbocycles. The smallest absolute Gasteiger partial charge is 0.418 e. The summed E-state index contributed by atoms with van der Waals surface area (Å²) in [5, 5.41) is 26.3. The molecule has 0 bridgehead atoms. The number of aromatic nitrogens is 3. The van der Waals surface area contributed by atoms with Gasteiger partial charge in [0.15, 0.2) is 0 Å². The first-order valence-corrected chi connectivity index (χ1v) is 11.4. The van der Waals surface area contributed by atoms with Crippen molar-refractivity contribution in [3.05, 3.63) is 58.3 Å². The summed E-state index contributed by atoms with van der Waals surface area (Å²) in [6, 6.07) is 6.91. The quantitative estimate of drug-likeness (QED) is 0.279. The fourth-order valence-corrected chi connectivity index (χ4v) is 3.62. The second-order valence-electron chi connectivity index (χ2n) is 7.99. The summed E-state index contributed by atoms with van der Waals surface area (Å²) in [6.45, 7) is -0.00265. The van der Waals surface area contributed by atoms with Gasteiger partial charge in [-0.1, -0.05) is 15.9 Å². The van der Waals surface area contributed by atoms with Crippen molar-refractivity contribution in [3.63, 3.8) is 0 Å². The largest absolute Gasteiger partial charge is 0.493 e. The van der Waals surface area contributed by atoms with Gasteiger partial charge >= 0.3 is 18.3 Å². The summed E-state index contributed by atoms with van der Waals surface area (Å²) in [5.74, 6) is -1.52. The van der Waals surface area contributed by atoms with Crippen LogP contribution < -0.4 is 20.7 Å². The molecular formula is C22H18BrF3N6O5. The van der Waals surface area contributed by atoms with E-state index in [9.17, 15) is 33.0 Å². The monoisotopic (exact) mass is 582 g/mol. The molecule has 0 unspecified atom stereocenters. The predicted molar refractivity (Wildman–Crippen MR) is 125 cm³/mol. The van der Waals surface area contributed by atoms with E-state index in [2.05, 4.69) is 46.8 Å². The maximum absolute atomic E-state index is 13.3. The van der Waals surface area contributed by atoms with Gasteiger partial charge in [0.1, 0.15) is 5.54 Å². The molecule has 0 atom stereocenters. The van der Waals surface area contributed by atoms with Gasteiger partial charge in [-0.25, -0.2) is 4.79 Å². The van der Waals surface area contributed by atoms with E-state index in [4.69, 9.17) is 4.74 Å². The molecule has 2 aromatic heterocycles. The highest BCUT2D eigenvalue weighted by molar-refractivity contribution is 9.10. The normalized spacial score (nSPS) is 13.9. The maximum atomic E-state index is 13.3. The molecule has 1 fully saturated rings. The number of hydrogen-bond acceptors (Lipinski definition) is 9. The molecule has 194 valence electrons. The topological polar surface area (TPSA) is 159 Å². The molecule has 1 saturated carbocycles. The molecule has 0 saturated heterocycles. The zero-order chi connectivity index (χ0) is 26.8. The number of nitrogens with zero attached hydrogens (tertiary/aromatic N) is 3. The van der Waals surface area contributed by atoms with E-state index in [0.29, 0.717) is 28.7 Å². The molecule has 11 nitrogen and oxygen atoms in total. The van der Waals surface area contributed by atoms with Gasteiger partial charge in [0.2, 0.25) is 17.7 Å². The first-order chi connectivity index (χ1) is 17.4. The number of ether oxygens (including phenoxy) is 1. The Morgan fingerprint density at radius 2 is 1.86 bits per heavy atom. The van der Waals surface area contributed by atoms with Crippen molar-refractivity contribution in [2.75, 3.05) is 5.32 Å². The van der Waals surface area contributed by atoms with Gasteiger partial charge in [-0.2, -0.15) is 23.1 Å². The predicted octanol–water partition coefficient (Wildman–Crippen LogP) is 3.75. The Kier molecular flexibility index (Phi) is 7.07. The van der Waals surface area contributed by atoms with Gasteiger partial charge in [0.25, 0.3) is 0 Å². The van der Waals surface area contributed by atoms with Crippen molar-refractivity contribution in [3.8, 4) is 17.8 Å². The molecule has 1 aromatic carbocycles. The summed E-state index contributed by atoms with van der Waals surface area (Å²) in [7, 11) is 0. The Morgan fingerprint density at radius 3 is 2.49 bits per heavy atom. The number of pyridine rings is 1. The number of carbonyl (C=O) groups excluding carboxylic acids is 2. The third-order valence-electron chi connectivity index (χ3n) is 5.22. The summed E-state index contributed by atoms with van der Waals surface area (Å²) in [4.78, 5) is 35.6. The minimum absolute atomic E-state index is 0.00265. The number of benzene rings is 1. The summed E-state index contributed by atoms with van der Waals surface area (Å²) < 4.78 is 45.1. The maximum Gasteiger partial charge on any atom is 0.418 e. The average Bonchev–Trinajstić information content (AvgIpc) is 3.58.